The zero-order valence-electron chi connectivity index (χ0n) is 10.5. The number of carboxylic acids is 1. The van der Waals surface area contributed by atoms with Gasteiger partial charge in [-0.3, -0.25) is 0 Å². The Morgan fingerprint density at radius 1 is 1.29 bits per heavy atom. The molecule has 0 aliphatic carbocycles. The van der Waals surface area contributed by atoms with Crippen molar-refractivity contribution in [2.24, 2.45) is 5.10 Å². The van der Waals surface area contributed by atoms with Crippen LogP contribution in [0.4, 0.5) is 0 Å². The zero-order chi connectivity index (χ0) is 14.4. The fourth-order valence-electron chi connectivity index (χ4n) is 2.05. The summed E-state index contributed by atoms with van der Waals surface area (Å²) in [4.78, 5) is 11.1. The normalized spacial score (nSPS) is 15.5. The van der Waals surface area contributed by atoms with Gasteiger partial charge in [0.25, 0.3) is 0 Å². The summed E-state index contributed by atoms with van der Waals surface area (Å²) in [7, 11) is 0. The molecule has 0 saturated heterocycles. The van der Waals surface area contributed by atoms with E-state index in [1.165, 1.54) is 16.4 Å². The average molecular weight is 304 g/mol. The molecule has 8 nitrogen and oxygen atoms in total. The van der Waals surface area contributed by atoms with Crippen LogP contribution in [0, 0.1) is 0 Å². The first kappa shape index (κ1) is 12.2. The van der Waals surface area contributed by atoms with E-state index in [-0.39, 0.29) is 18.3 Å². The molecule has 0 radical (unpaired) electrons. The minimum Gasteiger partial charge on any atom is -0.477 e. The highest BCUT2D eigenvalue weighted by atomic mass is 32.2. The Bertz CT molecular complexity index is 786. The molecule has 0 atom stereocenters. The number of hydrogen-bond acceptors (Lipinski definition) is 7. The first-order valence-corrected chi connectivity index (χ1v) is 7.00. The van der Waals surface area contributed by atoms with Crippen LogP contribution in [0.3, 0.4) is 0 Å². The molecule has 0 saturated carbocycles. The fraction of sp³-hybridized carbons (Fsp3) is 0.167. The van der Waals surface area contributed by atoms with Crippen LogP contribution in [0.25, 0.3) is 11.4 Å². The smallest absolute Gasteiger partial charge is 0.352 e. The largest absolute Gasteiger partial charge is 0.477 e. The molecular formula is C12H8N4O4S. The van der Waals surface area contributed by atoms with Crippen molar-refractivity contribution in [3.63, 3.8) is 0 Å². The van der Waals surface area contributed by atoms with E-state index in [0.717, 1.165) is 5.56 Å². The third-order valence-electron chi connectivity index (χ3n) is 3.05. The number of aliphatic carboxylic acids is 1. The molecular weight excluding hydrogens is 296 g/mol. The van der Waals surface area contributed by atoms with Gasteiger partial charge in [-0.25, -0.2) is 4.79 Å². The number of carboxylic acid groups (broad SMARTS) is 1. The molecule has 0 bridgehead atoms. The second-order valence-electron chi connectivity index (χ2n) is 4.33. The lowest BCUT2D eigenvalue weighted by Gasteiger charge is -2.10. The van der Waals surface area contributed by atoms with Gasteiger partial charge in [0.05, 0.1) is 5.75 Å². The van der Waals surface area contributed by atoms with Crippen LogP contribution in [0.15, 0.2) is 28.5 Å². The molecule has 0 unspecified atom stereocenters. The maximum atomic E-state index is 11.1. The van der Waals surface area contributed by atoms with Crippen molar-refractivity contribution >= 4 is 23.4 Å². The second-order valence-corrected chi connectivity index (χ2v) is 5.27. The Balaban J connectivity index is 1.81. The molecule has 9 heteroatoms. The van der Waals surface area contributed by atoms with Crippen molar-refractivity contribution in [3.8, 4) is 22.9 Å². The van der Waals surface area contributed by atoms with E-state index in [2.05, 4.69) is 15.3 Å². The SMILES string of the molecule is O=C(O)C1=Nn2c(nnc2-c2ccc3c(c2)OCO3)SC1. The van der Waals surface area contributed by atoms with Crippen molar-refractivity contribution < 1.29 is 19.4 Å². The first-order chi connectivity index (χ1) is 10.2. The van der Waals surface area contributed by atoms with Crippen LogP contribution >= 0.6 is 11.8 Å². The summed E-state index contributed by atoms with van der Waals surface area (Å²) in [5.74, 6) is 0.985. The Labute approximate surface area is 122 Å². The molecule has 1 aromatic carbocycles. The number of ether oxygens (including phenoxy) is 2. The van der Waals surface area contributed by atoms with Crippen LogP contribution in [-0.2, 0) is 4.79 Å². The maximum absolute atomic E-state index is 11.1. The Morgan fingerprint density at radius 2 is 2.14 bits per heavy atom. The minimum atomic E-state index is -1.04. The molecule has 0 amide bonds. The van der Waals surface area contributed by atoms with Gasteiger partial charge < -0.3 is 14.6 Å². The van der Waals surface area contributed by atoms with Crippen molar-refractivity contribution in [3.05, 3.63) is 18.2 Å². The van der Waals surface area contributed by atoms with Gasteiger partial charge in [0.15, 0.2) is 23.0 Å². The molecule has 21 heavy (non-hydrogen) atoms. The van der Waals surface area contributed by atoms with E-state index in [1.54, 1.807) is 18.2 Å². The summed E-state index contributed by atoms with van der Waals surface area (Å²) in [6.07, 6.45) is 0. The quantitative estimate of drug-likeness (QED) is 0.885. The van der Waals surface area contributed by atoms with Crippen molar-refractivity contribution in [1.82, 2.24) is 14.9 Å². The van der Waals surface area contributed by atoms with E-state index in [1.807, 2.05) is 0 Å². The maximum Gasteiger partial charge on any atom is 0.352 e. The molecule has 1 N–H and O–H groups in total. The molecule has 1 aromatic heterocycles. The Morgan fingerprint density at radius 3 is 3.00 bits per heavy atom. The van der Waals surface area contributed by atoms with Gasteiger partial charge in [-0.05, 0) is 18.2 Å². The topological polar surface area (TPSA) is 98.8 Å². The predicted molar refractivity (Wildman–Crippen MR) is 72.8 cm³/mol. The van der Waals surface area contributed by atoms with E-state index < -0.39 is 5.97 Å². The number of benzene rings is 1. The number of nitrogens with zero attached hydrogens (tertiary/aromatic N) is 4. The van der Waals surface area contributed by atoms with E-state index in [9.17, 15) is 4.79 Å². The number of rotatable bonds is 2. The summed E-state index contributed by atoms with van der Waals surface area (Å²) in [5.41, 5.74) is 0.795. The standard InChI is InChI=1S/C12H8N4O4S/c17-11(18)7-4-21-12-14-13-10(16(12)15-7)6-1-2-8-9(3-6)20-5-19-8/h1-3H,4-5H2,(H,17,18). The van der Waals surface area contributed by atoms with Gasteiger partial charge >= 0.3 is 5.97 Å². The predicted octanol–water partition coefficient (Wildman–Crippen LogP) is 1.07. The van der Waals surface area contributed by atoms with Gasteiger partial charge in [-0.15, -0.1) is 10.2 Å². The van der Waals surface area contributed by atoms with Crippen molar-refractivity contribution in [1.29, 1.82) is 0 Å². The summed E-state index contributed by atoms with van der Waals surface area (Å²) in [6, 6.07) is 5.35. The van der Waals surface area contributed by atoms with Gasteiger partial charge in [0.1, 0.15) is 0 Å². The van der Waals surface area contributed by atoms with E-state index in [4.69, 9.17) is 14.6 Å². The molecule has 2 aliphatic heterocycles. The van der Waals surface area contributed by atoms with E-state index in [0.29, 0.717) is 22.5 Å². The van der Waals surface area contributed by atoms with Crippen LogP contribution in [0.1, 0.15) is 0 Å². The van der Waals surface area contributed by atoms with Gasteiger partial charge in [0.2, 0.25) is 11.9 Å². The number of thioether (sulfide) groups is 1. The molecule has 4 rings (SSSR count). The van der Waals surface area contributed by atoms with Crippen LogP contribution in [0.5, 0.6) is 11.5 Å². The molecule has 0 spiro atoms. The number of aromatic nitrogens is 3. The molecule has 2 aromatic rings. The lowest BCUT2D eigenvalue weighted by molar-refractivity contribution is -0.129. The minimum absolute atomic E-state index is 0.0642. The molecule has 0 fully saturated rings. The Kier molecular flexibility index (Phi) is 2.61. The van der Waals surface area contributed by atoms with Crippen LogP contribution < -0.4 is 9.47 Å². The average Bonchev–Trinajstić information content (AvgIpc) is 3.12. The van der Waals surface area contributed by atoms with Gasteiger partial charge in [0, 0.05) is 5.56 Å². The molecule has 2 aliphatic rings. The van der Waals surface area contributed by atoms with Gasteiger partial charge in [-0.2, -0.15) is 9.78 Å². The second kappa shape index (κ2) is 4.48. The Hall–Kier alpha value is -2.55. The number of carbonyl (C=O) groups is 1. The lowest BCUT2D eigenvalue weighted by Crippen LogP contribution is -2.21. The molecule has 3 heterocycles. The number of hydrogen-bond donors (Lipinski definition) is 1. The third kappa shape index (κ3) is 1.93. The summed E-state index contributed by atoms with van der Waals surface area (Å²) < 4.78 is 12.0. The highest BCUT2D eigenvalue weighted by Crippen LogP contribution is 2.36. The van der Waals surface area contributed by atoms with Crippen molar-refractivity contribution in [2.75, 3.05) is 12.5 Å². The summed E-state index contributed by atoms with van der Waals surface area (Å²) in [6.45, 7) is 0.188. The van der Waals surface area contributed by atoms with Crippen LogP contribution in [-0.4, -0.2) is 44.2 Å². The fourth-order valence-corrected chi connectivity index (χ4v) is 2.84. The highest BCUT2D eigenvalue weighted by molar-refractivity contribution is 8.00. The summed E-state index contributed by atoms with van der Waals surface area (Å²) >= 11 is 1.29. The zero-order valence-corrected chi connectivity index (χ0v) is 11.3. The highest BCUT2D eigenvalue weighted by Gasteiger charge is 2.24. The van der Waals surface area contributed by atoms with Crippen molar-refractivity contribution in [2.45, 2.75) is 5.16 Å². The van der Waals surface area contributed by atoms with Gasteiger partial charge in [-0.1, -0.05) is 11.8 Å². The molecule has 106 valence electrons. The third-order valence-corrected chi connectivity index (χ3v) is 3.98. The number of fused-ring (bicyclic) bond motifs is 2. The van der Waals surface area contributed by atoms with E-state index >= 15 is 0 Å². The van der Waals surface area contributed by atoms with Crippen LogP contribution in [0.2, 0.25) is 0 Å². The first-order valence-electron chi connectivity index (χ1n) is 6.02. The summed E-state index contributed by atoms with van der Waals surface area (Å²) in [5, 5.41) is 21.8. The monoisotopic (exact) mass is 304 g/mol. The lowest BCUT2D eigenvalue weighted by atomic mass is 10.2.